The first kappa shape index (κ1) is 18.2. The van der Waals surface area contributed by atoms with E-state index >= 15 is 0 Å². The van der Waals surface area contributed by atoms with E-state index in [9.17, 15) is 18.0 Å². The number of benzene rings is 2. The Hall–Kier alpha value is -3.14. The number of thioether (sulfide) groups is 1. The van der Waals surface area contributed by atoms with Crippen LogP contribution in [0.1, 0.15) is 5.56 Å². The average molecular weight is 403 g/mol. The van der Waals surface area contributed by atoms with Crippen LogP contribution in [0.15, 0.2) is 59.9 Å². The zero-order valence-electron chi connectivity index (χ0n) is 14.1. The SMILES string of the molecule is O=C(CSc1nc2ccccc2n2cnnc12)Nc1ccccc1C(F)(F)F. The molecule has 1 N–H and O–H groups in total. The zero-order valence-corrected chi connectivity index (χ0v) is 15.0. The van der Waals surface area contributed by atoms with Crippen molar-refractivity contribution in [2.45, 2.75) is 11.2 Å². The fourth-order valence-corrected chi connectivity index (χ4v) is 3.51. The third-order valence-corrected chi connectivity index (χ3v) is 4.90. The monoisotopic (exact) mass is 403 g/mol. The second-order valence-electron chi connectivity index (χ2n) is 5.81. The topological polar surface area (TPSA) is 72.2 Å². The summed E-state index contributed by atoms with van der Waals surface area (Å²) in [5.41, 5.74) is 0.819. The van der Waals surface area contributed by atoms with Gasteiger partial charge < -0.3 is 5.32 Å². The molecule has 2 aromatic carbocycles. The highest BCUT2D eigenvalue weighted by molar-refractivity contribution is 8.00. The number of carbonyl (C=O) groups is 1. The highest BCUT2D eigenvalue weighted by atomic mass is 32.2. The summed E-state index contributed by atoms with van der Waals surface area (Å²) < 4.78 is 40.9. The van der Waals surface area contributed by atoms with E-state index in [-0.39, 0.29) is 11.4 Å². The van der Waals surface area contributed by atoms with Gasteiger partial charge in [-0.1, -0.05) is 36.0 Å². The summed E-state index contributed by atoms with van der Waals surface area (Å²) in [6, 6.07) is 12.2. The molecule has 4 aromatic rings. The first-order chi connectivity index (χ1) is 13.4. The van der Waals surface area contributed by atoms with Gasteiger partial charge in [0.2, 0.25) is 5.91 Å². The number of aromatic nitrogens is 4. The Morgan fingerprint density at radius 3 is 2.68 bits per heavy atom. The predicted molar refractivity (Wildman–Crippen MR) is 99.1 cm³/mol. The molecule has 2 aromatic heterocycles. The molecule has 4 rings (SSSR count). The molecule has 0 aliphatic carbocycles. The fourth-order valence-electron chi connectivity index (χ4n) is 2.74. The van der Waals surface area contributed by atoms with Gasteiger partial charge in [-0.2, -0.15) is 13.2 Å². The predicted octanol–water partition coefficient (Wildman–Crippen LogP) is 4.03. The Balaban J connectivity index is 1.55. The quantitative estimate of drug-likeness (QED) is 0.521. The number of hydrogen-bond acceptors (Lipinski definition) is 5. The Morgan fingerprint density at radius 2 is 1.86 bits per heavy atom. The lowest BCUT2D eigenvalue weighted by molar-refractivity contribution is -0.137. The number of alkyl halides is 3. The van der Waals surface area contributed by atoms with Gasteiger partial charge in [-0.3, -0.25) is 9.20 Å². The largest absolute Gasteiger partial charge is 0.418 e. The van der Waals surface area contributed by atoms with E-state index in [4.69, 9.17) is 0 Å². The summed E-state index contributed by atoms with van der Waals surface area (Å²) in [6.07, 6.45) is -3.01. The molecule has 0 bridgehead atoms. The lowest BCUT2D eigenvalue weighted by atomic mass is 10.1. The van der Waals surface area contributed by atoms with E-state index in [2.05, 4.69) is 20.5 Å². The number of nitrogens with zero attached hydrogens (tertiary/aromatic N) is 4. The second-order valence-corrected chi connectivity index (χ2v) is 6.77. The molecule has 0 atom stereocenters. The van der Waals surface area contributed by atoms with Crippen LogP contribution >= 0.6 is 11.8 Å². The van der Waals surface area contributed by atoms with Gasteiger partial charge in [-0.15, -0.1) is 10.2 Å². The van der Waals surface area contributed by atoms with E-state index in [1.165, 1.54) is 18.2 Å². The van der Waals surface area contributed by atoms with E-state index in [0.29, 0.717) is 16.2 Å². The van der Waals surface area contributed by atoms with Crippen molar-refractivity contribution in [1.82, 2.24) is 19.6 Å². The molecule has 0 spiro atoms. The minimum absolute atomic E-state index is 0.125. The third-order valence-electron chi connectivity index (χ3n) is 3.95. The molecule has 0 saturated heterocycles. The minimum atomic E-state index is -4.55. The van der Waals surface area contributed by atoms with Gasteiger partial charge in [-0.25, -0.2) is 4.98 Å². The van der Waals surface area contributed by atoms with Gasteiger partial charge in [0.1, 0.15) is 11.4 Å². The van der Waals surface area contributed by atoms with Gasteiger partial charge in [0.15, 0.2) is 5.65 Å². The number of carbonyl (C=O) groups excluding carboxylic acids is 1. The smallest absolute Gasteiger partial charge is 0.325 e. The molecule has 0 fully saturated rings. The minimum Gasteiger partial charge on any atom is -0.325 e. The molecule has 6 nitrogen and oxygen atoms in total. The third kappa shape index (κ3) is 3.50. The molecule has 0 aliphatic rings. The number of nitrogens with one attached hydrogen (secondary N) is 1. The maximum Gasteiger partial charge on any atom is 0.418 e. The molecule has 142 valence electrons. The summed E-state index contributed by atoms with van der Waals surface area (Å²) in [5, 5.41) is 10.7. The van der Waals surface area contributed by atoms with Crippen LogP contribution in [0.4, 0.5) is 18.9 Å². The average Bonchev–Trinajstić information content (AvgIpc) is 3.16. The summed E-state index contributed by atoms with van der Waals surface area (Å²) >= 11 is 1.08. The number of hydrogen-bond donors (Lipinski definition) is 1. The Morgan fingerprint density at radius 1 is 1.11 bits per heavy atom. The fraction of sp³-hybridized carbons (Fsp3) is 0.111. The maximum atomic E-state index is 13.1. The number of para-hydroxylation sites is 3. The number of halogens is 3. The van der Waals surface area contributed by atoms with Gasteiger partial charge in [0, 0.05) is 0 Å². The number of anilines is 1. The molecule has 28 heavy (non-hydrogen) atoms. The van der Waals surface area contributed by atoms with Gasteiger partial charge >= 0.3 is 6.18 Å². The summed E-state index contributed by atoms with van der Waals surface area (Å²) in [6.45, 7) is 0. The van der Waals surface area contributed by atoms with Crippen molar-refractivity contribution in [3.8, 4) is 0 Å². The van der Waals surface area contributed by atoms with E-state index in [1.54, 1.807) is 10.7 Å². The Kier molecular flexibility index (Phi) is 4.63. The van der Waals surface area contributed by atoms with Crippen LogP contribution in [-0.2, 0) is 11.0 Å². The van der Waals surface area contributed by atoms with Gasteiger partial charge in [-0.05, 0) is 24.3 Å². The van der Waals surface area contributed by atoms with Crippen molar-refractivity contribution in [3.63, 3.8) is 0 Å². The normalized spacial score (nSPS) is 11.8. The summed E-state index contributed by atoms with van der Waals surface area (Å²) in [5.74, 6) is -0.700. The molecule has 0 radical (unpaired) electrons. The van der Waals surface area contributed by atoms with Gasteiger partial charge in [0.25, 0.3) is 0 Å². The molecular weight excluding hydrogens is 391 g/mol. The number of fused-ring (bicyclic) bond motifs is 3. The first-order valence-electron chi connectivity index (χ1n) is 8.11. The number of rotatable bonds is 4. The van der Waals surface area contributed by atoms with E-state index < -0.39 is 17.6 Å². The van der Waals surface area contributed by atoms with Crippen LogP contribution in [0.3, 0.4) is 0 Å². The van der Waals surface area contributed by atoms with Crippen LogP contribution in [-0.4, -0.2) is 31.2 Å². The molecule has 0 aliphatic heterocycles. The van der Waals surface area contributed by atoms with Crippen LogP contribution < -0.4 is 5.32 Å². The molecule has 0 saturated carbocycles. The molecule has 10 heteroatoms. The first-order valence-corrected chi connectivity index (χ1v) is 9.09. The molecule has 2 heterocycles. The Bertz CT molecular complexity index is 1170. The van der Waals surface area contributed by atoms with E-state index in [0.717, 1.165) is 23.3 Å². The van der Waals surface area contributed by atoms with Crippen molar-refractivity contribution in [3.05, 3.63) is 60.4 Å². The lowest BCUT2D eigenvalue weighted by Crippen LogP contribution is -2.18. The van der Waals surface area contributed by atoms with Crippen molar-refractivity contribution < 1.29 is 18.0 Å². The Labute approximate surface area is 160 Å². The standard InChI is InChI=1S/C18H12F3N5OS/c19-18(20,21)11-5-1-2-6-12(11)23-15(27)9-28-17-16-25-22-10-26(16)14-8-4-3-7-13(14)24-17/h1-8,10H,9H2,(H,23,27). The highest BCUT2D eigenvalue weighted by Gasteiger charge is 2.33. The van der Waals surface area contributed by atoms with Crippen molar-refractivity contribution in [2.75, 3.05) is 11.1 Å². The van der Waals surface area contributed by atoms with Crippen molar-refractivity contribution >= 4 is 40.0 Å². The van der Waals surface area contributed by atoms with Crippen molar-refractivity contribution in [1.29, 1.82) is 0 Å². The van der Waals surface area contributed by atoms with Crippen molar-refractivity contribution in [2.24, 2.45) is 0 Å². The summed E-state index contributed by atoms with van der Waals surface area (Å²) in [4.78, 5) is 16.7. The van der Waals surface area contributed by atoms with Crippen LogP contribution in [0.5, 0.6) is 0 Å². The highest BCUT2D eigenvalue weighted by Crippen LogP contribution is 2.34. The van der Waals surface area contributed by atoms with Crippen LogP contribution in [0.25, 0.3) is 16.7 Å². The van der Waals surface area contributed by atoms with Crippen LogP contribution in [0, 0.1) is 0 Å². The lowest BCUT2D eigenvalue weighted by Gasteiger charge is -2.13. The zero-order chi connectivity index (χ0) is 19.7. The molecular formula is C18H12F3N5OS. The van der Waals surface area contributed by atoms with Gasteiger partial charge in [0.05, 0.1) is 28.0 Å². The molecule has 1 amide bonds. The maximum absolute atomic E-state index is 13.1. The number of amides is 1. The van der Waals surface area contributed by atoms with Crippen LogP contribution in [0.2, 0.25) is 0 Å². The summed E-state index contributed by atoms with van der Waals surface area (Å²) in [7, 11) is 0. The van der Waals surface area contributed by atoms with E-state index in [1.807, 2.05) is 24.3 Å². The molecule has 0 unspecified atom stereocenters. The second kappa shape index (κ2) is 7.12.